The Morgan fingerprint density at radius 2 is 1.75 bits per heavy atom. The Kier molecular flexibility index (Phi) is 7.69. The molecule has 0 aromatic heterocycles. The Morgan fingerprint density at radius 3 is 2.21 bits per heavy atom. The van der Waals surface area contributed by atoms with Gasteiger partial charge in [0.05, 0.1) is 5.25 Å². The van der Waals surface area contributed by atoms with E-state index in [0.29, 0.717) is 6.54 Å². The lowest BCUT2D eigenvalue weighted by molar-refractivity contribution is -0.138. The number of ether oxygens (including phenoxy) is 1. The Morgan fingerprint density at radius 1 is 1.17 bits per heavy atom. The SMILES string of the molecule is CCC(C)N(Cc1ccc(OS(=O)(=O)C(C)C)cc1)C(=O)COC. The fraction of sp³-hybridized carbons (Fsp3) is 0.588. The molecule has 1 amide bonds. The third-order valence-corrected chi connectivity index (χ3v) is 5.36. The molecule has 0 aliphatic carbocycles. The predicted octanol–water partition coefficient (Wildman–Crippen LogP) is 2.58. The third kappa shape index (κ3) is 5.79. The molecule has 24 heavy (non-hydrogen) atoms. The van der Waals surface area contributed by atoms with E-state index < -0.39 is 15.4 Å². The molecule has 0 bridgehead atoms. The van der Waals surface area contributed by atoms with Crippen molar-refractivity contribution in [2.75, 3.05) is 13.7 Å². The van der Waals surface area contributed by atoms with Gasteiger partial charge in [0, 0.05) is 19.7 Å². The number of carbonyl (C=O) groups is 1. The Balaban J connectivity index is 2.85. The van der Waals surface area contributed by atoms with Crippen molar-refractivity contribution in [1.29, 1.82) is 0 Å². The molecule has 136 valence electrons. The maximum atomic E-state index is 12.2. The van der Waals surface area contributed by atoms with Crippen LogP contribution >= 0.6 is 0 Å². The molecule has 1 rings (SSSR count). The van der Waals surface area contributed by atoms with Gasteiger partial charge in [0.2, 0.25) is 5.91 Å². The Labute approximate surface area is 144 Å². The minimum atomic E-state index is -3.61. The van der Waals surface area contributed by atoms with E-state index in [1.54, 1.807) is 43.0 Å². The monoisotopic (exact) mass is 357 g/mol. The van der Waals surface area contributed by atoms with E-state index in [9.17, 15) is 13.2 Å². The van der Waals surface area contributed by atoms with Crippen molar-refractivity contribution in [2.45, 2.75) is 52.0 Å². The summed E-state index contributed by atoms with van der Waals surface area (Å²) in [4.78, 5) is 13.9. The molecular weight excluding hydrogens is 330 g/mol. The number of hydrogen-bond acceptors (Lipinski definition) is 5. The summed E-state index contributed by atoms with van der Waals surface area (Å²) >= 11 is 0. The smallest absolute Gasteiger partial charge is 0.311 e. The van der Waals surface area contributed by atoms with Gasteiger partial charge in [-0.25, -0.2) is 0 Å². The van der Waals surface area contributed by atoms with Crippen LogP contribution in [0, 0.1) is 0 Å². The fourth-order valence-electron chi connectivity index (χ4n) is 1.99. The predicted molar refractivity (Wildman–Crippen MR) is 93.3 cm³/mol. The van der Waals surface area contributed by atoms with Gasteiger partial charge in [-0.15, -0.1) is 0 Å². The van der Waals surface area contributed by atoms with Crippen LogP contribution in [0.2, 0.25) is 0 Å². The molecule has 0 heterocycles. The highest BCUT2D eigenvalue weighted by molar-refractivity contribution is 7.87. The van der Waals surface area contributed by atoms with Crippen molar-refractivity contribution in [3.8, 4) is 5.75 Å². The maximum absolute atomic E-state index is 12.2. The highest BCUT2D eigenvalue weighted by Crippen LogP contribution is 2.18. The molecule has 0 N–H and O–H groups in total. The average Bonchev–Trinajstić information content (AvgIpc) is 2.53. The lowest BCUT2D eigenvalue weighted by atomic mass is 10.1. The topological polar surface area (TPSA) is 72.9 Å². The zero-order chi connectivity index (χ0) is 18.3. The van der Waals surface area contributed by atoms with Gasteiger partial charge in [-0.1, -0.05) is 19.1 Å². The fourth-order valence-corrected chi connectivity index (χ4v) is 2.57. The number of nitrogens with zero attached hydrogens (tertiary/aromatic N) is 1. The Bertz CT molecular complexity index is 625. The van der Waals surface area contributed by atoms with Crippen LogP contribution in [-0.2, 0) is 26.2 Å². The van der Waals surface area contributed by atoms with Crippen LogP contribution in [-0.4, -0.2) is 44.2 Å². The highest BCUT2D eigenvalue weighted by atomic mass is 32.2. The molecule has 6 nitrogen and oxygen atoms in total. The third-order valence-electron chi connectivity index (χ3n) is 3.78. The van der Waals surface area contributed by atoms with Gasteiger partial charge < -0.3 is 13.8 Å². The van der Waals surface area contributed by atoms with Crippen molar-refractivity contribution in [3.63, 3.8) is 0 Å². The van der Waals surface area contributed by atoms with Crippen molar-refractivity contribution < 1.29 is 22.1 Å². The van der Waals surface area contributed by atoms with Gasteiger partial charge in [-0.2, -0.15) is 8.42 Å². The van der Waals surface area contributed by atoms with Crippen molar-refractivity contribution in [3.05, 3.63) is 29.8 Å². The zero-order valence-electron chi connectivity index (χ0n) is 15.0. The van der Waals surface area contributed by atoms with Crippen LogP contribution in [0.25, 0.3) is 0 Å². The number of methoxy groups -OCH3 is 1. The van der Waals surface area contributed by atoms with E-state index in [2.05, 4.69) is 0 Å². The molecule has 0 saturated heterocycles. The number of benzene rings is 1. The molecule has 0 radical (unpaired) electrons. The summed E-state index contributed by atoms with van der Waals surface area (Å²) in [6.45, 7) is 7.61. The molecule has 0 fully saturated rings. The van der Waals surface area contributed by atoms with Crippen LogP contribution in [0.15, 0.2) is 24.3 Å². The standard InChI is InChI=1S/C17H27NO5S/c1-6-14(4)18(17(19)12-22-5)11-15-7-9-16(10-8-15)23-24(20,21)13(2)3/h7-10,13-14H,6,11-12H2,1-5H3. The first-order valence-corrected chi connectivity index (χ1v) is 9.49. The average molecular weight is 357 g/mol. The maximum Gasteiger partial charge on any atom is 0.311 e. The van der Waals surface area contributed by atoms with Crippen LogP contribution in [0.5, 0.6) is 5.75 Å². The van der Waals surface area contributed by atoms with E-state index in [4.69, 9.17) is 8.92 Å². The van der Waals surface area contributed by atoms with Crippen LogP contribution in [0.4, 0.5) is 0 Å². The molecule has 1 aromatic rings. The molecule has 0 aliphatic rings. The molecule has 0 spiro atoms. The van der Waals surface area contributed by atoms with E-state index >= 15 is 0 Å². The number of amides is 1. The molecule has 1 unspecified atom stereocenters. The van der Waals surface area contributed by atoms with Gasteiger partial charge in [0.1, 0.15) is 12.4 Å². The summed E-state index contributed by atoms with van der Waals surface area (Å²) in [6, 6.07) is 6.82. The van der Waals surface area contributed by atoms with Gasteiger partial charge in [-0.05, 0) is 44.9 Å². The summed E-state index contributed by atoms with van der Waals surface area (Å²) < 4.78 is 33.5. The van der Waals surface area contributed by atoms with Crippen molar-refractivity contribution >= 4 is 16.0 Å². The number of hydrogen-bond donors (Lipinski definition) is 0. The lowest BCUT2D eigenvalue weighted by Gasteiger charge is -2.28. The quantitative estimate of drug-likeness (QED) is 0.635. The van der Waals surface area contributed by atoms with Gasteiger partial charge in [-0.3, -0.25) is 4.79 Å². The second-order valence-electron chi connectivity index (χ2n) is 5.98. The second-order valence-corrected chi connectivity index (χ2v) is 8.08. The minimum absolute atomic E-state index is 0.0398. The second kappa shape index (κ2) is 9.03. The molecule has 1 atom stereocenters. The first-order chi connectivity index (χ1) is 11.2. The normalized spacial score (nSPS) is 12.9. The van der Waals surface area contributed by atoms with E-state index in [-0.39, 0.29) is 24.3 Å². The molecule has 1 aromatic carbocycles. The lowest BCUT2D eigenvalue weighted by Crippen LogP contribution is -2.39. The summed E-state index contributed by atoms with van der Waals surface area (Å²) in [5, 5.41) is -0.607. The molecule has 0 aliphatic heterocycles. The Hall–Kier alpha value is -1.60. The first kappa shape index (κ1) is 20.4. The molecule has 7 heteroatoms. The van der Waals surface area contributed by atoms with Gasteiger partial charge in [0.25, 0.3) is 0 Å². The molecular formula is C17H27NO5S. The van der Waals surface area contributed by atoms with Crippen LogP contribution in [0.3, 0.4) is 0 Å². The van der Waals surface area contributed by atoms with Gasteiger partial charge in [0.15, 0.2) is 0 Å². The van der Waals surface area contributed by atoms with E-state index in [1.807, 2.05) is 13.8 Å². The summed E-state index contributed by atoms with van der Waals surface area (Å²) in [7, 11) is -2.11. The van der Waals surface area contributed by atoms with Crippen LogP contribution in [0.1, 0.15) is 39.7 Å². The minimum Gasteiger partial charge on any atom is -0.382 e. The summed E-state index contributed by atoms with van der Waals surface area (Å²) in [6.07, 6.45) is 0.837. The molecule has 0 saturated carbocycles. The van der Waals surface area contributed by atoms with E-state index in [0.717, 1.165) is 12.0 Å². The van der Waals surface area contributed by atoms with Crippen LogP contribution < -0.4 is 4.18 Å². The number of carbonyl (C=O) groups excluding carboxylic acids is 1. The van der Waals surface area contributed by atoms with Crippen molar-refractivity contribution in [2.24, 2.45) is 0 Å². The largest absolute Gasteiger partial charge is 0.382 e. The zero-order valence-corrected chi connectivity index (χ0v) is 15.8. The number of rotatable bonds is 9. The van der Waals surface area contributed by atoms with Crippen molar-refractivity contribution in [1.82, 2.24) is 4.90 Å². The first-order valence-electron chi connectivity index (χ1n) is 8.01. The summed E-state index contributed by atoms with van der Waals surface area (Å²) in [5.74, 6) is 0.195. The summed E-state index contributed by atoms with van der Waals surface area (Å²) in [5.41, 5.74) is 0.897. The van der Waals surface area contributed by atoms with Gasteiger partial charge >= 0.3 is 10.1 Å². The van der Waals surface area contributed by atoms with E-state index in [1.165, 1.54) is 7.11 Å². The highest BCUT2D eigenvalue weighted by Gasteiger charge is 2.20.